The van der Waals surface area contributed by atoms with E-state index in [1.807, 2.05) is 36.2 Å². The van der Waals surface area contributed by atoms with Crippen LogP contribution in [0.5, 0.6) is 0 Å². The highest BCUT2D eigenvalue weighted by Crippen LogP contribution is 2.24. The molecule has 1 heterocycles. The maximum atomic E-state index is 12.4. The molecule has 128 valence electrons. The van der Waals surface area contributed by atoms with E-state index in [1.54, 1.807) is 0 Å². The minimum atomic E-state index is -0.264. The molecule has 24 heavy (non-hydrogen) atoms. The van der Waals surface area contributed by atoms with E-state index in [1.165, 1.54) is 0 Å². The van der Waals surface area contributed by atoms with Crippen molar-refractivity contribution in [2.24, 2.45) is 16.8 Å². The van der Waals surface area contributed by atoms with E-state index in [0.717, 1.165) is 43.6 Å². The number of nitrogens with zero attached hydrogens (tertiary/aromatic N) is 2. The summed E-state index contributed by atoms with van der Waals surface area (Å²) >= 11 is 0. The third-order valence-electron chi connectivity index (χ3n) is 4.82. The third kappa shape index (κ3) is 3.75. The first kappa shape index (κ1) is 16.5. The quantitative estimate of drug-likeness (QED) is 0.886. The van der Waals surface area contributed by atoms with Crippen LogP contribution in [-0.4, -0.2) is 30.1 Å². The summed E-state index contributed by atoms with van der Waals surface area (Å²) in [5.41, 5.74) is 8.13. The third-order valence-corrected chi connectivity index (χ3v) is 4.82. The van der Waals surface area contributed by atoms with Crippen molar-refractivity contribution in [1.82, 2.24) is 5.32 Å². The number of benzene rings is 1. The van der Waals surface area contributed by atoms with Crippen molar-refractivity contribution >= 4 is 23.2 Å². The van der Waals surface area contributed by atoms with E-state index < -0.39 is 0 Å². The standard InChI is InChI=1S/C18H24N4O2/c1-12-9-10-22(21-12)16-7-5-13(6-8-16)18(24)20-15-4-2-3-14(11-15)17(19)23/h5-8,14-15H,2-4,9-11H2,1H3,(H2,19,23)(H,20,24)/t14-,15-/m0/s1. The van der Waals surface area contributed by atoms with E-state index in [0.29, 0.717) is 12.0 Å². The second-order valence-electron chi connectivity index (χ2n) is 6.69. The Morgan fingerprint density at radius 2 is 2.00 bits per heavy atom. The van der Waals surface area contributed by atoms with Gasteiger partial charge in [0.05, 0.1) is 5.69 Å². The zero-order valence-corrected chi connectivity index (χ0v) is 14.0. The number of nitrogens with two attached hydrogens (primary N) is 1. The minimum Gasteiger partial charge on any atom is -0.369 e. The van der Waals surface area contributed by atoms with Gasteiger partial charge >= 0.3 is 0 Å². The fourth-order valence-corrected chi connectivity index (χ4v) is 3.39. The number of hydrogen-bond donors (Lipinski definition) is 2. The average Bonchev–Trinajstić information content (AvgIpc) is 3.01. The number of carbonyl (C=O) groups excluding carboxylic acids is 2. The molecule has 0 spiro atoms. The Bertz CT molecular complexity index is 653. The molecule has 1 aromatic rings. The van der Waals surface area contributed by atoms with Crippen LogP contribution in [0.1, 0.15) is 49.4 Å². The summed E-state index contributed by atoms with van der Waals surface area (Å²) in [6.45, 7) is 2.90. The van der Waals surface area contributed by atoms with Gasteiger partial charge in [0, 0.05) is 36.2 Å². The Morgan fingerprint density at radius 1 is 1.25 bits per heavy atom. The molecule has 0 radical (unpaired) electrons. The van der Waals surface area contributed by atoms with Crippen molar-refractivity contribution in [2.75, 3.05) is 11.6 Å². The van der Waals surface area contributed by atoms with Gasteiger partial charge in [-0.3, -0.25) is 14.6 Å². The molecule has 2 atom stereocenters. The molecule has 6 heteroatoms. The number of carbonyl (C=O) groups is 2. The lowest BCUT2D eigenvalue weighted by Gasteiger charge is -2.28. The lowest BCUT2D eigenvalue weighted by Crippen LogP contribution is -2.41. The fraction of sp³-hybridized carbons (Fsp3) is 0.500. The molecule has 1 aliphatic carbocycles. The number of amides is 2. The van der Waals surface area contributed by atoms with Crippen LogP contribution >= 0.6 is 0 Å². The largest absolute Gasteiger partial charge is 0.369 e. The monoisotopic (exact) mass is 328 g/mol. The van der Waals surface area contributed by atoms with E-state index >= 15 is 0 Å². The molecule has 0 saturated heterocycles. The number of hydrogen-bond acceptors (Lipinski definition) is 4. The van der Waals surface area contributed by atoms with Gasteiger partial charge < -0.3 is 11.1 Å². The Labute approximate surface area is 142 Å². The van der Waals surface area contributed by atoms with Gasteiger partial charge in [0.1, 0.15) is 0 Å². The number of nitrogens with one attached hydrogen (secondary N) is 1. The van der Waals surface area contributed by atoms with Crippen molar-refractivity contribution in [3.8, 4) is 0 Å². The highest BCUT2D eigenvalue weighted by molar-refractivity contribution is 5.95. The second-order valence-corrected chi connectivity index (χ2v) is 6.69. The van der Waals surface area contributed by atoms with Crippen LogP contribution < -0.4 is 16.1 Å². The first-order chi connectivity index (χ1) is 11.5. The molecule has 1 saturated carbocycles. The molecule has 1 aromatic carbocycles. The van der Waals surface area contributed by atoms with Crippen LogP contribution in [0, 0.1) is 5.92 Å². The minimum absolute atomic E-state index is 0.0225. The maximum absolute atomic E-state index is 12.4. The molecular formula is C18H24N4O2. The normalized spacial score (nSPS) is 23.7. The predicted octanol–water partition coefficient (Wildman–Crippen LogP) is 2.05. The number of primary amides is 1. The summed E-state index contributed by atoms with van der Waals surface area (Å²) in [6.07, 6.45) is 4.26. The number of anilines is 1. The Kier molecular flexibility index (Phi) is 4.83. The van der Waals surface area contributed by atoms with E-state index in [-0.39, 0.29) is 23.8 Å². The topological polar surface area (TPSA) is 87.8 Å². The van der Waals surface area contributed by atoms with Crippen LogP contribution in [0.2, 0.25) is 0 Å². The molecule has 0 aromatic heterocycles. The van der Waals surface area contributed by atoms with Crippen molar-refractivity contribution in [2.45, 2.75) is 45.1 Å². The van der Waals surface area contributed by atoms with Crippen LogP contribution in [0.15, 0.2) is 29.4 Å². The van der Waals surface area contributed by atoms with Gasteiger partial charge in [0.25, 0.3) is 5.91 Å². The van der Waals surface area contributed by atoms with Gasteiger partial charge in [-0.25, -0.2) is 0 Å². The molecular weight excluding hydrogens is 304 g/mol. The summed E-state index contributed by atoms with van der Waals surface area (Å²) in [5, 5.41) is 9.44. The smallest absolute Gasteiger partial charge is 0.251 e. The van der Waals surface area contributed by atoms with Gasteiger partial charge in [-0.15, -0.1) is 0 Å². The molecule has 3 rings (SSSR count). The van der Waals surface area contributed by atoms with E-state index in [9.17, 15) is 9.59 Å². The van der Waals surface area contributed by atoms with Gasteiger partial charge in [-0.1, -0.05) is 6.42 Å². The van der Waals surface area contributed by atoms with Crippen molar-refractivity contribution in [3.63, 3.8) is 0 Å². The highest BCUT2D eigenvalue weighted by Gasteiger charge is 2.26. The van der Waals surface area contributed by atoms with Gasteiger partial charge in [-0.2, -0.15) is 5.10 Å². The van der Waals surface area contributed by atoms with Crippen LogP contribution in [0.3, 0.4) is 0 Å². The molecule has 1 aliphatic heterocycles. The van der Waals surface area contributed by atoms with E-state index in [4.69, 9.17) is 5.73 Å². The average molecular weight is 328 g/mol. The van der Waals surface area contributed by atoms with Crippen LogP contribution in [0.4, 0.5) is 5.69 Å². The lowest BCUT2D eigenvalue weighted by molar-refractivity contribution is -0.122. The number of hydrazone groups is 1. The van der Waals surface area contributed by atoms with Gasteiger partial charge in [0.2, 0.25) is 5.91 Å². The summed E-state index contributed by atoms with van der Waals surface area (Å²) in [5.74, 6) is -0.486. The molecule has 3 N–H and O–H groups in total. The van der Waals surface area contributed by atoms with Crippen molar-refractivity contribution in [3.05, 3.63) is 29.8 Å². The molecule has 6 nitrogen and oxygen atoms in total. The Hall–Kier alpha value is -2.37. The summed E-state index contributed by atoms with van der Waals surface area (Å²) in [6, 6.07) is 7.51. The summed E-state index contributed by atoms with van der Waals surface area (Å²) < 4.78 is 0. The summed E-state index contributed by atoms with van der Waals surface area (Å²) in [4.78, 5) is 23.7. The van der Waals surface area contributed by atoms with Crippen molar-refractivity contribution in [1.29, 1.82) is 0 Å². The Morgan fingerprint density at radius 3 is 2.62 bits per heavy atom. The zero-order valence-electron chi connectivity index (χ0n) is 14.0. The molecule has 0 bridgehead atoms. The first-order valence-electron chi connectivity index (χ1n) is 8.55. The first-order valence-corrected chi connectivity index (χ1v) is 8.55. The predicted molar refractivity (Wildman–Crippen MR) is 93.9 cm³/mol. The molecule has 0 unspecified atom stereocenters. The molecule has 2 amide bonds. The molecule has 2 aliphatic rings. The van der Waals surface area contributed by atoms with E-state index in [2.05, 4.69) is 10.4 Å². The summed E-state index contributed by atoms with van der Waals surface area (Å²) in [7, 11) is 0. The second kappa shape index (κ2) is 7.03. The van der Waals surface area contributed by atoms with Crippen LogP contribution in [0.25, 0.3) is 0 Å². The maximum Gasteiger partial charge on any atom is 0.251 e. The van der Waals surface area contributed by atoms with Gasteiger partial charge in [0.15, 0.2) is 0 Å². The molecule has 1 fully saturated rings. The zero-order chi connectivity index (χ0) is 17.1. The van der Waals surface area contributed by atoms with Crippen LogP contribution in [-0.2, 0) is 4.79 Å². The lowest BCUT2D eigenvalue weighted by atomic mass is 9.85. The SMILES string of the molecule is CC1=NN(c2ccc(C(=O)N[C@H]3CCC[C@H](C(N)=O)C3)cc2)CC1. The fourth-order valence-electron chi connectivity index (χ4n) is 3.39. The number of rotatable bonds is 4. The highest BCUT2D eigenvalue weighted by atomic mass is 16.2. The Balaban J connectivity index is 1.60. The van der Waals surface area contributed by atoms with Gasteiger partial charge in [-0.05, 0) is 50.5 Å². The van der Waals surface area contributed by atoms with Crippen molar-refractivity contribution < 1.29 is 9.59 Å².